The van der Waals surface area contributed by atoms with Gasteiger partial charge >= 0.3 is 11.7 Å². The molecule has 3 aromatic heterocycles. The second-order valence-corrected chi connectivity index (χ2v) is 7.07. The minimum absolute atomic E-state index is 0.0314. The van der Waals surface area contributed by atoms with E-state index in [2.05, 4.69) is 30.0 Å². The van der Waals surface area contributed by atoms with Gasteiger partial charge in [0.05, 0.1) is 17.3 Å². The number of aromatic amines is 2. The largest absolute Gasteiger partial charge is 0.493 e. The summed E-state index contributed by atoms with van der Waals surface area (Å²) in [6, 6.07) is 4.06. The summed E-state index contributed by atoms with van der Waals surface area (Å²) >= 11 is 5.71. The van der Waals surface area contributed by atoms with E-state index in [9.17, 15) is 14.3 Å². The number of ether oxygens (including phenoxy) is 1. The van der Waals surface area contributed by atoms with Crippen molar-refractivity contribution in [1.29, 1.82) is 0 Å². The molecule has 0 spiro atoms. The zero-order chi connectivity index (χ0) is 20.8. The molecule has 0 saturated heterocycles. The molecule has 1 aromatic carbocycles. The van der Waals surface area contributed by atoms with E-state index in [4.69, 9.17) is 16.3 Å². The Morgan fingerprint density at radius 3 is 2.87 bits per heavy atom. The van der Waals surface area contributed by atoms with Gasteiger partial charge in [-0.3, -0.25) is 4.98 Å². The van der Waals surface area contributed by atoms with E-state index in [1.807, 2.05) is 0 Å². The van der Waals surface area contributed by atoms with E-state index in [0.29, 0.717) is 10.9 Å². The molecule has 3 N–H and O–H groups in total. The maximum Gasteiger partial charge on any atom is 0.327 e. The summed E-state index contributed by atoms with van der Waals surface area (Å²) in [4.78, 5) is 29.2. The lowest BCUT2D eigenvalue weighted by atomic mass is 10.3. The summed E-state index contributed by atoms with van der Waals surface area (Å²) in [6.07, 6.45) is 4.88. The molecule has 1 fully saturated rings. The highest BCUT2D eigenvalue weighted by atomic mass is 35.5. The highest BCUT2D eigenvalue weighted by Gasteiger charge is 2.21. The van der Waals surface area contributed by atoms with Crippen molar-refractivity contribution in [2.24, 2.45) is 4.99 Å². The number of fused-ring (bicyclic) bond motifs is 1. The van der Waals surface area contributed by atoms with E-state index in [0.717, 1.165) is 18.9 Å². The fraction of sp³-hybridized carbons (Fsp3) is 0.167. The fourth-order valence-corrected chi connectivity index (χ4v) is 2.87. The van der Waals surface area contributed by atoms with Crippen LogP contribution in [0.25, 0.3) is 11.7 Å². The van der Waals surface area contributed by atoms with Gasteiger partial charge in [-0.15, -0.1) is 0 Å². The molecule has 0 aliphatic heterocycles. The average Bonchev–Trinajstić information content (AvgIpc) is 3.34. The minimum atomic E-state index is -0.636. The van der Waals surface area contributed by atoms with Crippen molar-refractivity contribution in [2.75, 3.05) is 0 Å². The summed E-state index contributed by atoms with van der Waals surface area (Å²) in [5, 5.41) is 14.5. The molecule has 30 heavy (non-hydrogen) atoms. The van der Waals surface area contributed by atoms with Crippen LogP contribution in [0.3, 0.4) is 0 Å². The van der Waals surface area contributed by atoms with Crippen molar-refractivity contribution < 1.29 is 14.2 Å². The topological polar surface area (TPSA) is 134 Å². The summed E-state index contributed by atoms with van der Waals surface area (Å²) in [7, 11) is 0. The number of hydrogen-bond donors (Lipinski definition) is 3. The lowest BCUT2D eigenvalue weighted by Gasteiger charge is -2.05. The molecule has 1 saturated carbocycles. The van der Waals surface area contributed by atoms with E-state index >= 15 is 0 Å². The Bertz CT molecular complexity index is 1450. The van der Waals surface area contributed by atoms with Crippen molar-refractivity contribution in [1.82, 2.24) is 29.5 Å². The molecule has 1 aliphatic rings. The Labute approximate surface area is 171 Å². The van der Waals surface area contributed by atoms with Gasteiger partial charge in [-0.05, 0) is 31.1 Å². The monoisotopic (exact) mass is 429 g/mol. The SMILES string of the molecule is O=c1[nH]c(O)c(/C=c2/cnn3c(=NC4CC4)nc(Oc4ccc(Cl)c(F)c4)nc23)[nH]1. The first-order valence-corrected chi connectivity index (χ1v) is 9.29. The summed E-state index contributed by atoms with van der Waals surface area (Å²) in [5.41, 5.74) is 0.216. The first-order valence-electron chi connectivity index (χ1n) is 8.92. The van der Waals surface area contributed by atoms with Crippen LogP contribution in [0.4, 0.5) is 4.39 Å². The minimum Gasteiger partial charge on any atom is -0.493 e. The molecule has 0 atom stereocenters. The van der Waals surface area contributed by atoms with Crippen LogP contribution in [0.5, 0.6) is 17.6 Å². The van der Waals surface area contributed by atoms with Crippen LogP contribution in [-0.4, -0.2) is 40.7 Å². The second-order valence-electron chi connectivity index (χ2n) is 6.67. The zero-order valence-corrected chi connectivity index (χ0v) is 15.9. The van der Waals surface area contributed by atoms with Gasteiger partial charge in [0.1, 0.15) is 17.3 Å². The van der Waals surface area contributed by atoms with Crippen LogP contribution >= 0.6 is 11.6 Å². The number of imidazole rings is 1. The highest BCUT2D eigenvalue weighted by Crippen LogP contribution is 2.24. The van der Waals surface area contributed by atoms with Crippen LogP contribution in [0, 0.1) is 5.82 Å². The normalized spacial score (nSPS) is 15.3. The molecular formula is C18H13ClFN7O3. The van der Waals surface area contributed by atoms with E-state index in [1.165, 1.54) is 28.9 Å². The summed E-state index contributed by atoms with van der Waals surface area (Å²) in [5.74, 6) is -0.788. The molecule has 0 unspecified atom stereocenters. The number of H-pyrrole nitrogens is 2. The third-order valence-corrected chi connectivity index (χ3v) is 4.64. The highest BCUT2D eigenvalue weighted by molar-refractivity contribution is 6.30. The zero-order valence-electron chi connectivity index (χ0n) is 15.1. The molecular weight excluding hydrogens is 417 g/mol. The maximum atomic E-state index is 13.7. The first-order chi connectivity index (χ1) is 14.5. The van der Waals surface area contributed by atoms with Crippen molar-refractivity contribution in [3.63, 3.8) is 0 Å². The second kappa shape index (κ2) is 6.95. The van der Waals surface area contributed by atoms with Gasteiger partial charge in [0, 0.05) is 11.3 Å². The van der Waals surface area contributed by atoms with Gasteiger partial charge in [0.2, 0.25) is 5.88 Å². The third kappa shape index (κ3) is 3.50. The van der Waals surface area contributed by atoms with Crippen molar-refractivity contribution in [2.45, 2.75) is 18.9 Å². The molecule has 0 radical (unpaired) electrons. The molecule has 5 rings (SSSR count). The Hall–Kier alpha value is -3.73. The van der Waals surface area contributed by atoms with Gasteiger partial charge in [-0.25, -0.2) is 14.2 Å². The molecule has 3 heterocycles. The molecule has 4 aromatic rings. The third-order valence-electron chi connectivity index (χ3n) is 4.34. The lowest BCUT2D eigenvalue weighted by molar-refractivity contribution is 0.432. The Morgan fingerprint density at radius 1 is 1.33 bits per heavy atom. The predicted molar refractivity (Wildman–Crippen MR) is 103 cm³/mol. The first kappa shape index (κ1) is 18.3. The van der Waals surface area contributed by atoms with Crippen LogP contribution in [0.2, 0.25) is 5.02 Å². The van der Waals surface area contributed by atoms with Crippen LogP contribution in [-0.2, 0) is 0 Å². The van der Waals surface area contributed by atoms with Gasteiger partial charge in [-0.2, -0.15) is 19.6 Å². The fourth-order valence-electron chi connectivity index (χ4n) is 2.75. The lowest BCUT2D eigenvalue weighted by Crippen LogP contribution is -2.23. The van der Waals surface area contributed by atoms with E-state index in [-0.39, 0.29) is 40.0 Å². The molecule has 152 valence electrons. The standard InChI is InChI=1S/C18H13ClFN7O3/c19-11-4-3-10(6-12(11)20)30-18-24-14-8(5-13-15(28)25-17(29)23-13)7-21-27(14)16(26-18)22-9-1-2-9/h3-7,9,28H,1-2H2,(H2,23,25,29)/b8-5-,22-16?. The smallest absolute Gasteiger partial charge is 0.327 e. The van der Waals surface area contributed by atoms with Crippen molar-refractivity contribution in [3.05, 3.63) is 62.3 Å². The summed E-state index contributed by atoms with van der Waals surface area (Å²) < 4.78 is 20.8. The molecule has 0 bridgehead atoms. The molecule has 12 heteroatoms. The number of aromatic hydroxyl groups is 1. The molecule has 10 nitrogen and oxygen atoms in total. The number of nitrogens with zero attached hydrogens (tertiary/aromatic N) is 5. The van der Waals surface area contributed by atoms with Gasteiger partial charge < -0.3 is 14.8 Å². The van der Waals surface area contributed by atoms with Crippen molar-refractivity contribution >= 4 is 23.3 Å². The molecule has 0 amide bonds. The van der Waals surface area contributed by atoms with Crippen LogP contribution < -0.4 is 21.3 Å². The quantitative estimate of drug-likeness (QED) is 0.444. The maximum absolute atomic E-state index is 13.7. The van der Waals surface area contributed by atoms with Crippen LogP contribution in [0.1, 0.15) is 18.5 Å². The Balaban J connectivity index is 1.67. The predicted octanol–water partition coefficient (Wildman–Crippen LogP) is 1.04. The number of rotatable bonds is 4. The Morgan fingerprint density at radius 2 is 2.17 bits per heavy atom. The number of aromatic nitrogens is 6. The number of hydrogen-bond acceptors (Lipinski definition) is 7. The molecule has 1 aliphatic carbocycles. The average molecular weight is 430 g/mol. The van der Waals surface area contributed by atoms with Gasteiger partial charge in [-0.1, -0.05) is 11.6 Å². The van der Waals surface area contributed by atoms with E-state index in [1.54, 1.807) is 0 Å². The number of halogens is 2. The summed E-state index contributed by atoms with van der Waals surface area (Å²) in [6.45, 7) is 0. The number of benzene rings is 1. The van der Waals surface area contributed by atoms with E-state index < -0.39 is 11.5 Å². The Kier molecular flexibility index (Phi) is 4.24. The van der Waals surface area contributed by atoms with Crippen molar-refractivity contribution in [3.8, 4) is 17.6 Å². The van der Waals surface area contributed by atoms with Crippen LogP contribution in [0.15, 0.2) is 34.2 Å². The number of nitrogens with one attached hydrogen (secondary N) is 2. The van der Waals surface area contributed by atoms with Gasteiger partial charge in [0.25, 0.3) is 5.62 Å². The van der Waals surface area contributed by atoms with Gasteiger partial charge in [0.15, 0.2) is 5.65 Å².